The van der Waals surface area contributed by atoms with Crippen molar-refractivity contribution >= 4 is 17.5 Å². The summed E-state index contributed by atoms with van der Waals surface area (Å²) in [6.07, 6.45) is 1.35. The molecule has 1 saturated heterocycles. The number of nitrogens with one attached hydrogen (secondary N) is 1. The summed E-state index contributed by atoms with van der Waals surface area (Å²) in [4.78, 5) is 27.0. The van der Waals surface area contributed by atoms with Crippen molar-refractivity contribution in [3.05, 3.63) is 66.2 Å². The summed E-state index contributed by atoms with van der Waals surface area (Å²) in [6, 6.07) is 18.9. The molecule has 0 unspecified atom stereocenters. The molecule has 1 aliphatic rings. The summed E-state index contributed by atoms with van der Waals surface area (Å²) in [7, 11) is 0. The summed E-state index contributed by atoms with van der Waals surface area (Å²) in [6.45, 7) is 2.62. The third kappa shape index (κ3) is 3.32. The number of hydrogen-bond donors (Lipinski definition) is 1. The molecule has 3 rings (SSSR count). The van der Waals surface area contributed by atoms with E-state index in [0.717, 1.165) is 11.3 Å². The Morgan fingerprint density at radius 1 is 1.12 bits per heavy atom. The number of rotatable bonds is 5. The molecule has 2 aromatic rings. The Morgan fingerprint density at radius 2 is 1.75 bits per heavy atom. The van der Waals surface area contributed by atoms with Crippen LogP contribution in [0.15, 0.2) is 60.7 Å². The first kappa shape index (κ1) is 16.2. The van der Waals surface area contributed by atoms with Crippen LogP contribution in [0, 0.1) is 0 Å². The highest BCUT2D eigenvalue weighted by molar-refractivity contribution is 6.01. The van der Waals surface area contributed by atoms with Gasteiger partial charge in [0.25, 0.3) is 0 Å². The van der Waals surface area contributed by atoms with Gasteiger partial charge in [-0.1, -0.05) is 55.5 Å². The van der Waals surface area contributed by atoms with Crippen molar-refractivity contribution in [3.63, 3.8) is 0 Å². The third-order valence-corrected chi connectivity index (χ3v) is 4.52. The molecule has 2 aromatic carbocycles. The van der Waals surface area contributed by atoms with Crippen LogP contribution in [0.5, 0.6) is 0 Å². The van der Waals surface area contributed by atoms with E-state index in [1.165, 1.54) is 0 Å². The molecule has 0 radical (unpaired) electrons. The van der Waals surface area contributed by atoms with Gasteiger partial charge in [0.2, 0.25) is 11.8 Å². The fourth-order valence-corrected chi connectivity index (χ4v) is 3.21. The predicted molar refractivity (Wildman–Crippen MR) is 94.8 cm³/mol. The number of carbonyl (C=O) groups excluding carboxylic acids is 2. The van der Waals surface area contributed by atoms with Gasteiger partial charge in [-0.3, -0.25) is 9.59 Å². The Bertz CT molecular complexity index is 700. The summed E-state index contributed by atoms with van der Waals surface area (Å²) in [5, 5.41) is 2.95. The molecule has 1 fully saturated rings. The van der Waals surface area contributed by atoms with E-state index in [-0.39, 0.29) is 17.7 Å². The summed E-state index contributed by atoms with van der Waals surface area (Å²) >= 11 is 0. The molecule has 0 bridgehead atoms. The molecule has 0 aliphatic carbocycles. The average molecular weight is 322 g/mol. The van der Waals surface area contributed by atoms with Gasteiger partial charge in [0.15, 0.2) is 0 Å². The molecule has 4 heteroatoms. The van der Waals surface area contributed by atoms with Crippen LogP contribution in [0.4, 0.5) is 5.69 Å². The van der Waals surface area contributed by atoms with Gasteiger partial charge in [-0.15, -0.1) is 0 Å². The van der Waals surface area contributed by atoms with Gasteiger partial charge in [0.1, 0.15) is 6.04 Å². The molecule has 0 spiro atoms. The Labute approximate surface area is 142 Å². The standard InChI is InChI=1S/C20H22N2O2/c1-2-17(15-9-5-3-6-10-15)19(23)21-18-13-14-22(20(18)24)16-11-7-4-8-12-16/h3-12,17-18H,2,13-14H2,1H3,(H,21,23)/t17-,18+/m0/s1. The maximum absolute atomic E-state index is 12.6. The quantitative estimate of drug-likeness (QED) is 0.919. The summed E-state index contributed by atoms with van der Waals surface area (Å²) in [5.41, 5.74) is 1.87. The Kier molecular flexibility index (Phi) is 4.94. The van der Waals surface area contributed by atoms with Crippen LogP contribution < -0.4 is 10.2 Å². The molecular formula is C20H22N2O2. The highest BCUT2D eigenvalue weighted by Gasteiger charge is 2.34. The molecule has 2 atom stereocenters. The topological polar surface area (TPSA) is 49.4 Å². The molecule has 0 saturated carbocycles. The van der Waals surface area contributed by atoms with Gasteiger partial charge in [-0.2, -0.15) is 0 Å². The Balaban J connectivity index is 1.68. The zero-order valence-corrected chi connectivity index (χ0v) is 13.8. The maximum Gasteiger partial charge on any atom is 0.249 e. The van der Waals surface area contributed by atoms with E-state index >= 15 is 0 Å². The number of hydrogen-bond acceptors (Lipinski definition) is 2. The number of carbonyl (C=O) groups is 2. The van der Waals surface area contributed by atoms with Crippen LogP contribution in [0.1, 0.15) is 31.2 Å². The lowest BCUT2D eigenvalue weighted by molar-refractivity contribution is -0.127. The van der Waals surface area contributed by atoms with Crippen LogP contribution >= 0.6 is 0 Å². The number of nitrogens with zero attached hydrogens (tertiary/aromatic N) is 1. The van der Waals surface area contributed by atoms with Gasteiger partial charge in [-0.05, 0) is 30.5 Å². The predicted octanol–water partition coefficient (Wildman–Crippen LogP) is 3.10. The molecule has 1 aliphatic heterocycles. The molecule has 24 heavy (non-hydrogen) atoms. The first-order valence-corrected chi connectivity index (χ1v) is 8.42. The highest BCUT2D eigenvalue weighted by atomic mass is 16.2. The Morgan fingerprint density at radius 3 is 2.38 bits per heavy atom. The van der Waals surface area contributed by atoms with E-state index in [2.05, 4.69) is 5.32 Å². The third-order valence-electron chi connectivity index (χ3n) is 4.52. The minimum Gasteiger partial charge on any atom is -0.344 e. The molecule has 2 amide bonds. The van der Waals surface area contributed by atoms with Crippen molar-refractivity contribution in [2.24, 2.45) is 0 Å². The number of benzene rings is 2. The van der Waals surface area contributed by atoms with Crippen LogP contribution in [-0.2, 0) is 9.59 Å². The lowest BCUT2D eigenvalue weighted by Gasteiger charge is -2.20. The van der Waals surface area contributed by atoms with E-state index in [9.17, 15) is 9.59 Å². The van der Waals surface area contributed by atoms with Crippen molar-refractivity contribution in [3.8, 4) is 0 Å². The minimum atomic E-state index is -0.435. The highest BCUT2D eigenvalue weighted by Crippen LogP contribution is 2.23. The fraction of sp³-hybridized carbons (Fsp3) is 0.300. The zero-order chi connectivity index (χ0) is 16.9. The number of anilines is 1. The first-order valence-electron chi connectivity index (χ1n) is 8.42. The van der Waals surface area contributed by atoms with E-state index < -0.39 is 6.04 Å². The maximum atomic E-state index is 12.6. The second kappa shape index (κ2) is 7.30. The SMILES string of the molecule is CC[C@H](C(=O)N[C@@H]1CCN(c2ccccc2)C1=O)c1ccccc1. The molecule has 0 aromatic heterocycles. The van der Waals surface area contributed by atoms with Crippen molar-refractivity contribution in [1.82, 2.24) is 5.32 Å². The summed E-state index contributed by atoms with van der Waals surface area (Å²) < 4.78 is 0. The van der Waals surface area contributed by atoms with Gasteiger partial charge in [-0.25, -0.2) is 0 Å². The van der Waals surface area contributed by atoms with Gasteiger partial charge < -0.3 is 10.2 Å². The van der Waals surface area contributed by atoms with Crippen LogP contribution in [0.3, 0.4) is 0 Å². The summed E-state index contributed by atoms with van der Waals surface area (Å²) in [5.74, 6) is -0.320. The van der Waals surface area contributed by atoms with Crippen molar-refractivity contribution in [1.29, 1.82) is 0 Å². The lowest BCUT2D eigenvalue weighted by Crippen LogP contribution is -2.43. The molecule has 1 N–H and O–H groups in total. The van der Waals surface area contributed by atoms with E-state index in [0.29, 0.717) is 19.4 Å². The molecular weight excluding hydrogens is 300 g/mol. The largest absolute Gasteiger partial charge is 0.344 e. The van der Waals surface area contributed by atoms with E-state index in [1.54, 1.807) is 4.90 Å². The van der Waals surface area contributed by atoms with E-state index in [4.69, 9.17) is 0 Å². The smallest absolute Gasteiger partial charge is 0.249 e. The molecule has 124 valence electrons. The number of para-hydroxylation sites is 1. The van der Waals surface area contributed by atoms with E-state index in [1.807, 2.05) is 67.6 Å². The average Bonchev–Trinajstić information content (AvgIpc) is 2.98. The minimum absolute atomic E-state index is 0.0301. The Hall–Kier alpha value is -2.62. The van der Waals surface area contributed by atoms with Gasteiger partial charge in [0.05, 0.1) is 5.92 Å². The second-order valence-electron chi connectivity index (χ2n) is 6.05. The molecule has 4 nitrogen and oxygen atoms in total. The molecule has 1 heterocycles. The van der Waals surface area contributed by atoms with Crippen LogP contribution in [-0.4, -0.2) is 24.4 Å². The van der Waals surface area contributed by atoms with Crippen molar-refractivity contribution < 1.29 is 9.59 Å². The second-order valence-corrected chi connectivity index (χ2v) is 6.05. The van der Waals surface area contributed by atoms with Crippen molar-refractivity contribution in [2.45, 2.75) is 31.7 Å². The van der Waals surface area contributed by atoms with Crippen LogP contribution in [0.2, 0.25) is 0 Å². The normalized spacial score (nSPS) is 18.5. The monoisotopic (exact) mass is 322 g/mol. The zero-order valence-electron chi connectivity index (χ0n) is 13.8. The van der Waals surface area contributed by atoms with Gasteiger partial charge in [0, 0.05) is 12.2 Å². The van der Waals surface area contributed by atoms with Gasteiger partial charge >= 0.3 is 0 Å². The van der Waals surface area contributed by atoms with Crippen molar-refractivity contribution in [2.75, 3.05) is 11.4 Å². The first-order chi connectivity index (χ1) is 11.7. The number of amides is 2. The van der Waals surface area contributed by atoms with Crippen LogP contribution in [0.25, 0.3) is 0 Å². The fourth-order valence-electron chi connectivity index (χ4n) is 3.21. The lowest BCUT2D eigenvalue weighted by atomic mass is 9.95.